The summed E-state index contributed by atoms with van der Waals surface area (Å²) >= 11 is 0. The topological polar surface area (TPSA) is 55.2 Å². The highest BCUT2D eigenvalue weighted by atomic mass is 16.5. The second kappa shape index (κ2) is 5.66. The second-order valence-corrected chi connectivity index (χ2v) is 6.62. The van der Waals surface area contributed by atoms with Gasteiger partial charge in [0, 0.05) is 38.8 Å². The van der Waals surface area contributed by atoms with E-state index in [1.807, 2.05) is 0 Å². The maximum absolute atomic E-state index is 5.16. The lowest BCUT2D eigenvalue weighted by atomic mass is 10.1. The van der Waals surface area contributed by atoms with Gasteiger partial charge < -0.3 is 10.1 Å². The number of fused-ring (bicyclic) bond motifs is 1. The molecular weight excluding hydrogens is 266 g/mol. The number of hydrogen-bond acceptors (Lipinski definition) is 5. The summed E-state index contributed by atoms with van der Waals surface area (Å²) < 4.78 is 7.23. The number of nitrogens with zero attached hydrogens (tertiary/aromatic N) is 4. The van der Waals surface area contributed by atoms with Crippen molar-refractivity contribution in [2.24, 2.45) is 0 Å². The Balaban J connectivity index is 1.42. The standard InChI is InChI=1S/C15H25N5O/c1-21-10-14-17-15-13(3-2-7-20(15)18-14)16-11-6-8-19(9-11)12-4-5-12/h11-13,16H,2-10H2,1H3/t11-,13+/m0/s1. The lowest BCUT2D eigenvalue weighted by molar-refractivity contribution is 0.177. The molecule has 0 spiro atoms. The number of ether oxygens (including phenoxy) is 1. The van der Waals surface area contributed by atoms with Crippen LogP contribution in [0.2, 0.25) is 0 Å². The summed E-state index contributed by atoms with van der Waals surface area (Å²) in [4.78, 5) is 7.34. The first kappa shape index (κ1) is 13.7. The Labute approximate surface area is 125 Å². The molecule has 6 nitrogen and oxygen atoms in total. The van der Waals surface area contributed by atoms with E-state index in [9.17, 15) is 0 Å². The molecule has 0 unspecified atom stereocenters. The molecule has 21 heavy (non-hydrogen) atoms. The van der Waals surface area contributed by atoms with E-state index in [0.717, 1.165) is 24.2 Å². The Kier molecular flexibility index (Phi) is 3.69. The minimum absolute atomic E-state index is 0.362. The minimum atomic E-state index is 0.362. The molecule has 6 heteroatoms. The van der Waals surface area contributed by atoms with Crippen LogP contribution < -0.4 is 5.32 Å². The third-order valence-electron chi connectivity index (χ3n) is 4.91. The Hall–Kier alpha value is -0.980. The largest absolute Gasteiger partial charge is 0.377 e. The Bertz CT molecular complexity index is 498. The molecule has 1 aromatic rings. The van der Waals surface area contributed by atoms with Gasteiger partial charge in [0.25, 0.3) is 0 Å². The molecule has 3 heterocycles. The van der Waals surface area contributed by atoms with Crippen LogP contribution in [0.4, 0.5) is 0 Å². The quantitative estimate of drug-likeness (QED) is 0.880. The van der Waals surface area contributed by atoms with Gasteiger partial charge in [0.15, 0.2) is 5.82 Å². The number of methoxy groups -OCH3 is 1. The van der Waals surface area contributed by atoms with Crippen molar-refractivity contribution in [2.75, 3.05) is 20.2 Å². The molecule has 1 N–H and O–H groups in total. The molecule has 3 aliphatic rings. The first-order valence-corrected chi connectivity index (χ1v) is 8.26. The summed E-state index contributed by atoms with van der Waals surface area (Å²) in [6.07, 6.45) is 6.44. The van der Waals surface area contributed by atoms with Gasteiger partial charge in [-0.3, -0.25) is 4.90 Å². The predicted octanol–water partition coefficient (Wildman–Crippen LogP) is 1.09. The van der Waals surface area contributed by atoms with Crippen LogP contribution in [-0.2, 0) is 17.9 Å². The SMILES string of the molecule is COCc1nc2n(n1)CCC[C@H]2N[C@H]1CCN(C2CC2)C1. The van der Waals surface area contributed by atoms with Crippen molar-refractivity contribution in [3.05, 3.63) is 11.6 Å². The highest BCUT2D eigenvalue weighted by Crippen LogP contribution is 2.31. The molecule has 116 valence electrons. The van der Waals surface area contributed by atoms with E-state index in [1.54, 1.807) is 7.11 Å². The van der Waals surface area contributed by atoms with Crippen LogP contribution in [0, 0.1) is 0 Å². The number of rotatable bonds is 5. The van der Waals surface area contributed by atoms with Crippen LogP contribution in [0.15, 0.2) is 0 Å². The van der Waals surface area contributed by atoms with Gasteiger partial charge >= 0.3 is 0 Å². The van der Waals surface area contributed by atoms with Gasteiger partial charge in [-0.2, -0.15) is 5.10 Å². The van der Waals surface area contributed by atoms with Gasteiger partial charge in [-0.1, -0.05) is 0 Å². The molecule has 4 rings (SSSR count). The van der Waals surface area contributed by atoms with Gasteiger partial charge in [0.1, 0.15) is 12.4 Å². The minimum Gasteiger partial charge on any atom is -0.377 e. The molecular formula is C15H25N5O. The fourth-order valence-electron chi connectivity index (χ4n) is 3.73. The van der Waals surface area contributed by atoms with Crippen LogP contribution in [0.3, 0.4) is 0 Å². The van der Waals surface area contributed by atoms with Crippen LogP contribution in [0.1, 0.15) is 49.8 Å². The normalized spacial score (nSPS) is 29.8. The lowest BCUT2D eigenvalue weighted by Gasteiger charge is -2.26. The molecule has 0 aromatic carbocycles. The van der Waals surface area contributed by atoms with Crippen molar-refractivity contribution < 1.29 is 4.74 Å². The van der Waals surface area contributed by atoms with Gasteiger partial charge in [0.05, 0.1) is 6.04 Å². The smallest absolute Gasteiger partial charge is 0.176 e. The van der Waals surface area contributed by atoms with Gasteiger partial charge in [-0.05, 0) is 32.1 Å². The molecule has 0 amide bonds. The summed E-state index contributed by atoms with van der Waals surface area (Å²) in [5.74, 6) is 1.92. The van der Waals surface area contributed by atoms with E-state index in [2.05, 4.69) is 25.0 Å². The van der Waals surface area contributed by atoms with Gasteiger partial charge in [-0.25, -0.2) is 9.67 Å². The van der Waals surface area contributed by atoms with Crippen molar-refractivity contribution in [3.8, 4) is 0 Å². The lowest BCUT2D eigenvalue weighted by Crippen LogP contribution is -2.38. The van der Waals surface area contributed by atoms with Crippen molar-refractivity contribution >= 4 is 0 Å². The number of aromatic nitrogens is 3. The maximum Gasteiger partial charge on any atom is 0.176 e. The van der Waals surface area contributed by atoms with Crippen LogP contribution in [0.5, 0.6) is 0 Å². The number of likely N-dealkylation sites (tertiary alicyclic amines) is 1. The van der Waals surface area contributed by atoms with E-state index in [-0.39, 0.29) is 0 Å². The molecule has 0 bridgehead atoms. The number of nitrogens with one attached hydrogen (secondary N) is 1. The first-order chi connectivity index (χ1) is 10.3. The maximum atomic E-state index is 5.16. The zero-order valence-electron chi connectivity index (χ0n) is 12.8. The third kappa shape index (κ3) is 2.84. The number of aryl methyl sites for hydroxylation is 1. The van der Waals surface area contributed by atoms with Crippen molar-refractivity contribution in [1.82, 2.24) is 25.0 Å². The van der Waals surface area contributed by atoms with E-state index in [4.69, 9.17) is 4.74 Å². The van der Waals surface area contributed by atoms with Crippen LogP contribution >= 0.6 is 0 Å². The molecule has 1 aromatic heterocycles. The molecule has 2 atom stereocenters. The Morgan fingerprint density at radius 1 is 1.24 bits per heavy atom. The van der Waals surface area contributed by atoms with E-state index < -0.39 is 0 Å². The highest BCUT2D eigenvalue weighted by molar-refractivity contribution is 5.03. The summed E-state index contributed by atoms with van der Waals surface area (Å²) in [6.45, 7) is 3.96. The predicted molar refractivity (Wildman–Crippen MR) is 78.8 cm³/mol. The summed E-state index contributed by atoms with van der Waals surface area (Å²) in [5, 5.41) is 8.38. The van der Waals surface area contributed by atoms with Crippen molar-refractivity contribution in [1.29, 1.82) is 0 Å². The summed E-state index contributed by atoms with van der Waals surface area (Å²) in [5.41, 5.74) is 0. The van der Waals surface area contributed by atoms with E-state index in [0.29, 0.717) is 18.7 Å². The zero-order valence-corrected chi connectivity index (χ0v) is 12.8. The fourth-order valence-corrected chi connectivity index (χ4v) is 3.73. The van der Waals surface area contributed by atoms with Crippen LogP contribution in [-0.4, -0.2) is 51.9 Å². The third-order valence-corrected chi connectivity index (χ3v) is 4.91. The number of hydrogen-bond donors (Lipinski definition) is 1. The molecule has 1 saturated carbocycles. The van der Waals surface area contributed by atoms with Crippen molar-refractivity contribution in [3.63, 3.8) is 0 Å². The van der Waals surface area contributed by atoms with Crippen molar-refractivity contribution in [2.45, 2.75) is 63.4 Å². The van der Waals surface area contributed by atoms with E-state index >= 15 is 0 Å². The Morgan fingerprint density at radius 2 is 2.14 bits per heavy atom. The van der Waals surface area contributed by atoms with Gasteiger partial charge in [-0.15, -0.1) is 0 Å². The summed E-state index contributed by atoms with van der Waals surface area (Å²) in [7, 11) is 1.70. The monoisotopic (exact) mass is 291 g/mol. The first-order valence-electron chi connectivity index (χ1n) is 8.26. The van der Waals surface area contributed by atoms with Crippen LogP contribution in [0.25, 0.3) is 0 Å². The molecule has 2 fully saturated rings. The Morgan fingerprint density at radius 3 is 2.95 bits per heavy atom. The average molecular weight is 291 g/mol. The zero-order chi connectivity index (χ0) is 14.2. The van der Waals surface area contributed by atoms with Gasteiger partial charge in [0.2, 0.25) is 0 Å². The summed E-state index contributed by atoms with van der Waals surface area (Å²) in [6, 6.07) is 1.87. The molecule has 0 radical (unpaired) electrons. The fraction of sp³-hybridized carbons (Fsp3) is 0.867. The molecule has 2 aliphatic heterocycles. The highest BCUT2D eigenvalue weighted by Gasteiger charge is 2.36. The molecule has 1 aliphatic carbocycles. The average Bonchev–Trinajstić information content (AvgIpc) is 3.08. The molecule has 1 saturated heterocycles. The van der Waals surface area contributed by atoms with E-state index in [1.165, 1.54) is 45.2 Å². The second-order valence-electron chi connectivity index (χ2n) is 6.62.